The number of hydrogen-bond acceptors (Lipinski definition) is 3. The van der Waals surface area contributed by atoms with Crippen molar-refractivity contribution in [2.24, 2.45) is 0 Å². The highest BCUT2D eigenvalue weighted by Gasteiger charge is 2.05. The summed E-state index contributed by atoms with van der Waals surface area (Å²) in [6, 6.07) is 7.33. The molecule has 0 aliphatic rings. The number of carbonyl (C=O) groups excluding carboxylic acids is 1. The smallest absolute Gasteiger partial charge is 0.238 e. The zero-order chi connectivity index (χ0) is 12.3. The van der Waals surface area contributed by atoms with Gasteiger partial charge in [0, 0.05) is 12.2 Å². The predicted octanol–water partition coefficient (Wildman–Crippen LogP) is 1.91. The summed E-state index contributed by atoms with van der Waals surface area (Å²) in [4.78, 5) is 15.5. The number of imidazole rings is 1. The number of aromatic nitrogens is 2. The fraction of sp³-hybridized carbons (Fsp3) is 0.250. The molecular formula is C12H12N4O. The zero-order valence-electron chi connectivity index (χ0n) is 9.47. The van der Waals surface area contributed by atoms with E-state index in [4.69, 9.17) is 5.26 Å². The van der Waals surface area contributed by atoms with Gasteiger partial charge in [-0.3, -0.25) is 4.79 Å². The van der Waals surface area contributed by atoms with Crippen molar-refractivity contribution in [1.82, 2.24) is 9.55 Å². The molecule has 0 fully saturated rings. The topological polar surface area (TPSA) is 70.7 Å². The minimum atomic E-state index is -0.304. The lowest BCUT2D eigenvalue weighted by atomic mass is 10.2. The highest BCUT2D eigenvalue weighted by molar-refractivity contribution is 5.94. The van der Waals surface area contributed by atoms with Gasteiger partial charge in [0.25, 0.3) is 0 Å². The quantitative estimate of drug-likeness (QED) is 0.872. The van der Waals surface area contributed by atoms with Crippen LogP contribution in [0, 0.1) is 11.3 Å². The molecule has 2 aromatic rings. The summed E-state index contributed by atoms with van der Waals surface area (Å²) < 4.78 is 2.02. The Labute approximate surface area is 98.7 Å². The summed E-state index contributed by atoms with van der Waals surface area (Å²) in [6.07, 6.45) is 1.63. The van der Waals surface area contributed by atoms with Crippen LogP contribution in [-0.4, -0.2) is 15.5 Å². The van der Waals surface area contributed by atoms with E-state index in [9.17, 15) is 4.79 Å². The first-order valence-electron chi connectivity index (χ1n) is 5.36. The van der Waals surface area contributed by atoms with E-state index in [0.717, 1.165) is 17.6 Å². The molecule has 0 bridgehead atoms. The maximum absolute atomic E-state index is 11.3. The normalized spacial score (nSPS) is 10.1. The van der Waals surface area contributed by atoms with Crippen molar-refractivity contribution in [2.45, 2.75) is 19.9 Å². The summed E-state index contributed by atoms with van der Waals surface area (Å²) in [5.74, 6) is -0.304. The number of nitrogens with zero attached hydrogens (tertiary/aromatic N) is 3. The lowest BCUT2D eigenvalue weighted by Crippen LogP contribution is -2.09. The van der Waals surface area contributed by atoms with Crippen molar-refractivity contribution in [3.05, 3.63) is 24.5 Å². The van der Waals surface area contributed by atoms with Crippen LogP contribution in [-0.2, 0) is 11.3 Å². The van der Waals surface area contributed by atoms with Crippen molar-refractivity contribution in [1.29, 1.82) is 5.26 Å². The monoisotopic (exact) mass is 228 g/mol. The first-order valence-corrected chi connectivity index (χ1v) is 5.36. The fourth-order valence-corrected chi connectivity index (χ4v) is 1.67. The second kappa shape index (κ2) is 4.66. The van der Waals surface area contributed by atoms with Crippen LogP contribution < -0.4 is 5.32 Å². The Morgan fingerprint density at radius 2 is 2.41 bits per heavy atom. The van der Waals surface area contributed by atoms with Gasteiger partial charge < -0.3 is 9.88 Å². The molecular weight excluding hydrogens is 216 g/mol. The second-order valence-corrected chi connectivity index (χ2v) is 3.62. The molecule has 0 aliphatic heterocycles. The fourth-order valence-electron chi connectivity index (χ4n) is 1.67. The predicted molar refractivity (Wildman–Crippen MR) is 64.3 cm³/mol. The Morgan fingerprint density at radius 3 is 3.12 bits per heavy atom. The van der Waals surface area contributed by atoms with E-state index in [1.54, 1.807) is 18.5 Å². The molecule has 17 heavy (non-hydrogen) atoms. The molecule has 1 aromatic heterocycles. The van der Waals surface area contributed by atoms with Gasteiger partial charge in [0.2, 0.25) is 5.91 Å². The van der Waals surface area contributed by atoms with Gasteiger partial charge in [-0.05, 0) is 25.1 Å². The van der Waals surface area contributed by atoms with E-state index in [-0.39, 0.29) is 12.3 Å². The standard InChI is InChI=1S/C12H12N4O/c1-2-16-8-14-10-7-9(3-4-11(10)16)15-12(17)5-6-13/h3-4,7-8H,2,5H2,1H3,(H,15,17). The van der Waals surface area contributed by atoms with Gasteiger partial charge in [-0.1, -0.05) is 0 Å². The van der Waals surface area contributed by atoms with E-state index < -0.39 is 0 Å². The lowest BCUT2D eigenvalue weighted by molar-refractivity contribution is -0.115. The highest BCUT2D eigenvalue weighted by Crippen LogP contribution is 2.18. The molecule has 5 heteroatoms. The van der Waals surface area contributed by atoms with Crippen LogP contribution in [0.1, 0.15) is 13.3 Å². The third-order valence-corrected chi connectivity index (χ3v) is 2.49. The maximum atomic E-state index is 11.3. The average Bonchev–Trinajstić information content (AvgIpc) is 2.71. The van der Waals surface area contributed by atoms with E-state index in [2.05, 4.69) is 10.3 Å². The number of anilines is 1. The largest absolute Gasteiger partial charge is 0.331 e. The Hall–Kier alpha value is -2.35. The van der Waals surface area contributed by atoms with E-state index in [0.29, 0.717) is 5.69 Å². The van der Waals surface area contributed by atoms with Gasteiger partial charge >= 0.3 is 0 Å². The van der Waals surface area contributed by atoms with Crippen molar-refractivity contribution < 1.29 is 4.79 Å². The number of rotatable bonds is 3. The van der Waals surface area contributed by atoms with Gasteiger partial charge in [-0.2, -0.15) is 5.26 Å². The number of carbonyl (C=O) groups is 1. The number of benzene rings is 1. The Morgan fingerprint density at radius 1 is 1.59 bits per heavy atom. The Balaban J connectivity index is 2.27. The van der Waals surface area contributed by atoms with Crippen molar-refractivity contribution in [3.8, 4) is 6.07 Å². The number of amides is 1. The summed E-state index contributed by atoms with van der Waals surface area (Å²) in [5.41, 5.74) is 2.53. The van der Waals surface area contributed by atoms with Gasteiger partial charge in [-0.15, -0.1) is 0 Å². The summed E-state index contributed by atoms with van der Waals surface area (Å²) in [7, 11) is 0. The summed E-state index contributed by atoms with van der Waals surface area (Å²) in [5, 5.41) is 11.0. The average molecular weight is 228 g/mol. The Kier molecular flexibility index (Phi) is 3.06. The number of nitrogens with one attached hydrogen (secondary N) is 1. The number of nitriles is 1. The molecule has 86 valence electrons. The Bertz CT molecular complexity index is 594. The van der Waals surface area contributed by atoms with Crippen LogP contribution in [0.25, 0.3) is 11.0 Å². The van der Waals surface area contributed by atoms with Gasteiger partial charge in [0.15, 0.2) is 0 Å². The summed E-state index contributed by atoms with van der Waals surface area (Å²) in [6.45, 7) is 2.90. The van der Waals surface area contributed by atoms with Gasteiger partial charge in [0.05, 0.1) is 23.4 Å². The third-order valence-electron chi connectivity index (χ3n) is 2.49. The molecule has 0 saturated carbocycles. The molecule has 0 radical (unpaired) electrons. The zero-order valence-corrected chi connectivity index (χ0v) is 9.47. The molecule has 0 saturated heterocycles. The summed E-state index contributed by atoms with van der Waals surface area (Å²) >= 11 is 0. The maximum Gasteiger partial charge on any atom is 0.238 e. The molecule has 1 N–H and O–H groups in total. The lowest BCUT2D eigenvalue weighted by Gasteiger charge is -2.03. The molecule has 0 atom stereocenters. The second-order valence-electron chi connectivity index (χ2n) is 3.62. The first kappa shape index (κ1) is 11.1. The molecule has 1 heterocycles. The third kappa shape index (κ3) is 2.26. The van der Waals surface area contributed by atoms with Crippen LogP contribution in [0.2, 0.25) is 0 Å². The van der Waals surface area contributed by atoms with E-state index in [1.807, 2.05) is 23.6 Å². The molecule has 5 nitrogen and oxygen atoms in total. The number of hydrogen-bond donors (Lipinski definition) is 1. The molecule has 1 aromatic carbocycles. The van der Waals surface area contributed by atoms with Crippen LogP contribution in [0.4, 0.5) is 5.69 Å². The minimum absolute atomic E-state index is 0.137. The van der Waals surface area contributed by atoms with Crippen LogP contribution in [0.3, 0.4) is 0 Å². The number of aryl methyl sites for hydroxylation is 1. The van der Waals surface area contributed by atoms with Crippen molar-refractivity contribution in [2.75, 3.05) is 5.32 Å². The molecule has 0 spiro atoms. The molecule has 0 aliphatic carbocycles. The molecule has 2 rings (SSSR count). The number of fused-ring (bicyclic) bond motifs is 1. The van der Waals surface area contributed by atoms with Crippen LogP contribution in [0.15, 0.2) is 24.5 Å². The van der Waals surface area contributed by atoms with Crippen molar-refractivity contribution >= 4 is 22.6 Å². The van der Waals surface area contributed by atoms with Crippen molar-refractivity contribution in [3.63, 3.8) is 0 Å². The van der Waals surface area contributed by atoms with E-state index >= 15 is 0 Å². The molecule has 0 unspecified atom stereocenters. The minimum Gasteiger partial charge on any atom is -0.331 e. The molecule has 1 amide bonds. The van der Waals surface area contributed by atoms with Gasteiger partial charge in [-0.25, -0.2) is 4.98 Å². The van der Waals surface area contributed by atoms with Crippen LogP contribution >= 0.6 is 0 Å². The van der Waals surface area contributed by atoms with E-state index in [1.165, 1.54) is 0 Å². The highest BCUT2D eigenvalue weighted by atomic mass is 16.1. The van der Waals surface area contributed by atoms with Gasteiger partial charge in [0.1, 0.15) is 6.42 Å². The first-order chi connectivity index (χ1) is 8.24. The van der Waals surface area contributed by atoms with Crippen LogP contribution in [0.5, 0.6) is 0 Å². The SMILES string of the molecule is CCn1cnc2cc(NC(=O)CC#N)ccc21.